The standard InChI is InChI=1S/C18H20N4O3/c1-9(2)5-15(25)21-13-7-11(19)17-16-10(8-20-17)6-12(22-18(13)16)14(24)3-4-23/h6-9,23H,3-5,19H2,1-2H3,(H,21,25). The molecular formula is C18H20N4O3. The highest BCUT2D eigenvalue weighted by atomic mass is 16.3. The van der Waals surface area contributed by atoms with E-state index in [9.17, 15) is 9.59 Å². The number of hydrogen-bond acceptors (Lipinski definition) is 6. The lowest BCUT2D eigenvalue weighted by Gasteiger charge is -2.13. The summed E-state index contributed by atoms with van der Waals surface area (Å²) in [6, 6.07) is 3.26. The summed E-state index contributed by atoms with van der Waals surface area (Å²) in [5, 5.41) is 12.6. The topological polar surface area (TPSA) is 118 Å². The molecule has 0 unspecified atom stereocenters. The first-order chi connectivity index (χ1) is 11.9. The first-order valence-corrected chi connectivity index (χ1v) is 8.16. The molecule has 0 atom stereocenters. The minimum Gasteiger partial charge on any atom is -0.397 e. The van der Waals surface area contributed by atoms with Gasteiger partial charge >= 0.3 is 0 Å². The number of pyridine rings is 1. The third-order valence-electron chi connectivity index (χ3n) is 3.94. The third-order valence-corrected chi connectivity index (χ3v) is 3.94. The van der Waals surface area contributed by atoms with Crippen LogP contribution in [0.25, 0.3) is 10.9 Å². The second-order valence-corrected chi connectivity index (χ2v) is 6.48. The summed E-state index contributed by atoms with van der Waals surface area (Å²) in [5.74, 6) is -0.190. The van der Waals surface area contributed by atoms with Crippen molar-refractivity contribution in [3.8, 4) is 0 Å². The summed E-state index contributed by atoms with van der Waals surface area (Å²) in [6.07, 6.45) is 1.99. The van der Waals surface area contributed by atoms with E-state index in [2.05, 4.69) is 15.3 Å². The van der Waals surface area contributed by atoms with Crippen LogP contribution in [-0.4, -0.2) is 34.6 Å². The number of nitrogens with zero attached hydrogens (tertiary/aromatic N) is 2. The number of nitrogens with one attached hydrogen (secondary N) is 1. The molecule has 25 heavy (non-hydrogen) atoms. The van der Waals surface area contributed by atoms with Crippen LogP contribution in [0.3, 0.4) is 0 Å². The van der Waals surface area contributed by atoms with E-state index in [1.165, 1.54) is 0 Å². The number of amides is 1. The molecule has 1 aliphatic rings. The summed E-state index contributed by atoms with van der Waals surface area (Å²) < 4.78 is 0. The van der Waals surface area contributed by atoms with Gasteiger partial charge in [0, 0.05) is 30.0 Å². The van der Waals surface area contributed by atoms with Gasteiger partial charge in [0.1, 0.15) is 5.69 Å². The molecule has 0 radical (unpaired) electrons. The Hall–Kier alpha value is -2.80. The minimum absolute atomic E-state index is 0.00798. The Morgan fingerprint density at radius 1 is 1.32 bits per heavy atom. The highest BCUT2D eigenvalue weighted by Gasteiger charge is 2.22. The molecule has 0 bridgehead atoms. The maximum atomic E-state index is 12.2. The summed E-state index contributed by atoms with van der Waals surface area (Å²) >= 11 is 0. The molecular weight excluding hydrogens is 320 g/mol. The molecule has 3 rings (SSSR count). The Balaban J connectivity index is 2.13. The highest BCUT2D eigenvalue weighted by Crippen LogP contribution is 2.41. The molecule has 0 aliphatic carbocycles. The van der Waals surface area contributed by atoms with Gasteiger partial charge in [0.25, 0.3) is 0 Å². The summed E-state index contributed by atoms with van der Waals surface area (Å²) in [6.45, 7) is 3.67. The number of benzene rings is 1. The molecule has 1 aromatic heterocycles. The number of ketones is 1. The molecule has 130 valence electrons. The van der Waals surface area contributed by atoms with E-state index in [0.29, 0.717) is 29.0 Å². The Bertz CT molecular complexity index is 903. The largest absolute Gasteiger partial charge is 0.397 e. The quantitative estimate of drug-likeness (QED) is 0.470. The van der Waals surface area contributed by atoms with E-state index in [4.69, 9.17) is 10.8 Å². The number of nitrogen functional groups attached to an aromatic ring is 1. The highest BCUT2D eigenvalue weighted by molar-refractivity contribution is 6.18. The van der Waals surface area contributed by atoms with E-state index in [1.54, 1.807) is 18.3 Å². The molecule has 0 fully saturated rings. The number of hydrogen-bond donors (Lipinski definition) is 3. The number of anilines is 2. The smallest absolute Gasteiger partial charge is 0.224 e. The van der Waals surface area contributed by atoms with E-state index in [-0.39, 0.29) is 36.3 Å². The Morgan fingerprint density at radius 2 is 2.08 bits per heavy atom. The van der Waals surface area contributed by atoms with Gasteiger partial charge in [0.2, 0.25) is 5.91 Å². The van der Waals surface area contributed by atoms with Crippen LogP contribution in [0, 0.1) is 5.92 Å². The predicted molar refractivity (Wildman–Crippen MR) is 97.5 cm³/mol. The summed E-state index contributed by atoms with van der Waals surface area (Å²) in [7, 11) is 0. The van der Waals surface area contributed by atoms with Crippen LogP contribution in [0.1, 0.15) is 42.7 Å². The number of carbonyl (C=O) groups is 2. The second-order valence-electron chi connectivity index (χ2n) is 6.48. The lowest BCUT2D eigenvalue weighted by molar-refractivity contribution is -0.116. The Morgan fingerprint density at radius 3 is 2.76 bits per heavy atom. The normalized spacial score (nSPS) is 12.2. The lowest BCUT2D eigenvalue weighted by atomic mass is 10.0. The zero-order chi connectivity index (χ0) is 18.1. The van der Waals surface area contributed by atoms with Gasteiger partial charge in [0.15, 0.2) is 5.78 Å². The van der Waals surface area contributed by atoms with E-state index >= 15 is 0 Å². The molecule has 1 aliphatic heterocycles. The van der Waals surface area contributed by atoms with Gasteiger partial charge in [0.05, 0.1) is 29.2 Å². The van der Waals surface area contributed by atoms with Crippen molar-refractivity contribution in [2.75, 3.05) is 17.7 Å². The van der Waals surface area contributed by atoms with Crippen molar-refractivity contribution in [1.29, 1.82) is 0 Å². The number of carbonyl (C=O) groups excluding carboxylic acids is 2. The first-order valence-electron chi connectivity index (χ1n) is 8.16. The predicted octanol–water partition coefficient (Wildman–Crippen LogP) is 2.43. The molecule has 1 aromatic carbocycles. The van der Waals surface area contributed by atoms with Crippen molar-refractivity contribution in [3.05, 3.63) is 23.4 Å². The van der Waals surface area contributed by atoms with Gasteiger partial charge in [-0.1, -0.05) is 13.8 Å². The van der Waals surface area contributed by atoms with Crippen LogP contribution in [0.5, 0.6) is 0 Å². The summed E-state index contributed by atoms with van der Waals surface area (Å²) in [4.78, 5) is 33.0. The lowest BCUT2D eigenvalue weighted by Crippen LogP contribution is -2.15. The Labute approximate surface area is 145 Å². The molecule has 0 spiro atoms. The molecule has 7 heteroatoms. The molecule has 2 aromatic rings. The molecule has 7 nitrogen and oxygen atoms in total. The number of Topliss-reactive ketones (excluding diaryl/α,β-unsaturated/α-hetero) is 1. The van der Waals surface area contributed by atoms with E-state index in [0.717, 1.165) is 10.9 Å². The number of nitrogens with two attached hydrogens (primary N) is 1. The number of aliphatic hydroxyl groups is 1. The fourth-order valence-corrected chi connectivity index (χ4v) is 2.86. The van der Waals surface area contributed by atoms with Crippen LogP contribution in [0.2, 0.25) is 0 Å². The average molecular weight is 340 g/mol. The average Bonchev–Trinajstić information content (AvgIpc) is 2.96. The van der Waals surface area contributed by atoms with Gasteiger partial charge < -0.3 is 16.2 Å². The third kappa shape index (κ3) is 3.23. The van der Waals surface area contributed by atoms with E-state index in [1.807, 2.05) is 13.8 Å². The number of rotatable bonds is 6. The minimum atomic E-state index is -0.265. The fourth-order valence-electron chi connectivity index (χ4n) is 2.86. The number of aliphatic hydroxyl groups excluding tert-OH is 1. The van der Waals surface area contributed by atoms with Gasteiger partial charge in [-0.25, -0.2) is 4.98 Å². The van der Waals surface area contributed by atoms with Gasteiger partial charge in [-0.2, -0.15) is 0 Å². The first kappa shape index (κ1) is 17.0. The molecule has 0 saturated carbocycles. The van der Waals surface area contributed by atoms with Gasteiger partial charge in [-0.3, -0.25) is 14.6 Å². The van der Waals surface area contributed by atoms with Crippen molar-refractivity contribution in [1.82, 2.24) is 4.98 Å². The van der Waals surface area contributed by atoms with Crippen molar-refractivity contribution in [3.63, 3.8) is 0 Å². The van der Waals surface area contributed by atoms with Crippen molar-refractivity contribution in [2.45, 2.75) is 26.7 Å². The van der Waals surface area contributed by atoms with Gasteiger partial charge in [-0.05, 0) is 18.1 Å². The van der Waals surface area contributed by atoms with Crippen LogP contribution < -0.4 is 11.1 Å². The van der Waals surface area contributed by atoms with Crippen molar-refractivity contribution >= 4 is 45.9 Å². The van der Waals surface area contributed by atoms with Crippen LogP contribution in [0.15, 0.2) is 17.1 Å². The maximum Gasteiger partial charge on any atom is 0.224 e. The number of aliphatic imine (C=N–C) groups is 1. The van der Waals surface area contributed by atoms with Crippen LogP contribution in [0.4, 0.5) is 17.1 Å². The van der Waals surface area contributed by atoms with Gasteiger partial charge in [-0.15, -0.1) is 0 Å². The van der Waals surface area contributed by atoms with Crippen LogP contribution >= 0.6 is 0 Å². The monoisotopic (exact) mass is 340 g/mol. The molecule has 0 saturated heterocycles. The number of aromatic nitrogens is 1. The second kappa shape index (κ2) is 6.60. The fraction of sp³-hybridized carbons (Fsp3) is 0.333. The summed E-state index contributed by atoms with van der Waals surface area (Å²) in [5.41, 5.74) is 9.02. The molecule has 1 amide bonds. The zero-order valence-corrected chi connectivity index (χ0v) is 14.2. The zero-order valence-electron chi connectivity index (χ0n) is 14.2. The maximum absolute atomic E-state index is 12.2. The van der Waals surface area contributed by atoms with Crippen LogP contribution in [-0.2, 0) is 4.79 Å². The van der Waals surface area contributed by atoms with Crippen molar-refractivity contribution in [2.24, 2.45) is 10.9 Å². The SMILES string of the molecule is CC(C)CC(=O)Nc1cc(N)c2c3c(cc(C(=O)CCO)nc13)C=N2. The molecule has 4 N–H and O–H groups in total. The van der Waals surface area contributed by atoms with Crippen molar-refractivity contribution < 1.29 is 14.7 Å². The van der Waals surface area contributed by atoms with E-state index < -0.39 is 0 Å². The molecule has 2 heterocycles. The Kier molecular flexibility index (Phi) is 4.50.